The molecule has 58 heavy (non-hydrogen) atoms. The Kier molecular flexibility index (Phi) is 15.7. The Morgan fingerprint density at radius 2 is 1.55 bits per heavy atom. The molecule has 4 aromatic carbocycles. The van der Waals surface area contributed by atoms with Gasteiger partial charge in [0, 0.05) is 58.2 Å². The number of hydrogen-bond acceptors (Lipinski definition) is 9. The van der Waals surface area contributed by atoms with Gasteiger partial charge >= 0.3 is 0 Å². The average molecular weight is 807 g/mol. The molecular formula is C47H58N4O6S. The number of methoxy groups -OCH3 is 2. The molecule has 1 atom stereocenters. The minimum atomic E-state index is -0.597. The summed E-state index contributed by atoms with van der Waals surface area (Å²) in [5, 5.41) is 17.3. The number of para-hydroxylation sites is 1. The van der Waals surface area contributed by atoms with Crippen LogP contribution < -0.4 is 20.1 Å². The standard InChI is InChI=1S/C47H58N4O6S/c1-50(2)29-30-57-41-32-36-11-6-7-14-42(36)58-43-20-19-37(31-39(41)43)47(54)49-25-9-5-8-24-48-46(53)35-17-15-33(16-18-35)21-26-51-27-22-34(23-28-51)44(52)38-12-10-13-40(55-3)45(38)56-4/h6-7,10-20,31-32,34,44,52H,5,8-9,21-30H2,1-4H3,(H,48,53)(H,49,54). The number of unbranched alkanes of at least 4 members (excludes halogenated alkanes) is 2. The highest BCUT2D eigenvalue weighted by Crippen LogP contribution is 2.42. The minimum Gasteiger partial charge on any atom is -0.493 e. The third-order valence-corrected chi connectivity index (χ3v) is 12.1. The molecule has 1 saturated heterocycles. The average Bonchev–Trinajstić information content (AvgIpc) is 3.40. The summed E-state index contributed by atoms with van der Waals surface area (Å²) in [6.45, 7) is 5.27. The zero-order valence-electron chi connectivity index (χ0n) is 34.3. The highest BCUT2D eigenvalue weighted by molar-refractivity contribution is 7.99. The molecule has 0 spiro atoms. The second-order valence-electron chi connectivity index (χ2n) is 15.2. The van der Waals surface area contributed by atoms with Crippen molar-refractivity contribution in [3.05, 3.63) is 118 Å². The summed E-state index contributed by atoms with van der Waals surface area (Å²) in [6.07, 6.45) is 6.73. The van der Waals surface area contributed by atoms with E-state index in [1.807, 2.05) is 86.9 Å². The van der Waals surface area contributed by atoms with Gasteiger partial charge in [0.15, 0.2) is 11.5 Å². The van der Waals surface area contributed by atoms with Gasteiger partial charge < -0.3 is 39.8 Å². The number of likely N-dealkylation sites (tertiary alicyclic amines) is 1. The van der Waals surface area contributed by atoms with Crippen molar-refractivity contribution in [2.45, 2.75) is 54.4 Å². The van der Waals surface area contributed by atoms with Crippen LogP contribution in [0.2, 0.25) is 0 Å². The molecule has 10 nitrogen and oxygen atoms in total. The van der Waals surface area contributed by atoms with Crippen molar-refractivity contribution in [1.82, 2.24) is 20.4 Å². The highest BCUT2D eigenvalue weighted by atomic mass is 32.2. The second kappa shape index (κ2) is 21.3. The summed E-state index contributed by atoms with van der Waals surface area (Å²) in [4.78, 5) is 32.8. The number of benzene rings is 4. The number of amides is 2. The van der Waals surface area contributed by atoms with Crippen LogP contribution in [-0.2, 0) is 11.2 Å². The largest absolute Gasteiger partial charge is 0.493 e. The number of nitrogens with zero attached hydrogens (tertiary/aromatic N) is 2. The van der Waals surface area contributed by atoms with Crippen LogP contribution in [0.3, 0.4) is 0 Å². The Morgan fingerprint density at radius 1 is 0.845 bits per heavy atom. The number of fused-ring (bicyclic) bond motifs is 2. The summed E-state index contributed by atoms with van der Waals surface area (Å²) in [6, 6.07) is 27.6. The van der Waals surface area contributed by atoms with Crippen LogP contribution in [0.1, 0.15) is 81.2 Å². The number of rotatable bonds is 19. The van der Waals surface area contributed by atoms with Crippen LogP contribution in [0.25, 0.3) is 11.8 Å². The molecule has 2 aliphatic heterocycles. The van der Waals surface area contributed by atoms with Crippen LogP contribution in [0.5, 0.6) is 11.5 Å². The van der Waals surface area contributed by atoms with E-state index >= 15 is 0 Å². The topological polar surface area (TPSA) is 113 Å². The lowest BCUT2D eigenvalue weighted by atomic mass is 9.87. The van der Waals surface area contributed by atoms with Crippen LogP contribution in [-0.4, -0.2) is 101 Å². The lowest BCUT2D eigenvalue weighted by molar-refractivity contribution is 0.0572. The summed E-state index contributed by atoms with van der Waals surface area (Å²) in [7, 11) is 7.26. The number of carbonyl (C=O) groups excluding carboxylic acids is 2. The number of carbonyl (C=O) groups is 2. The van der Waals surface area contributed by atoms with E-state index in [9.17, 15) is 14.7 Å². The van der Waals surface area contributed by atoms with Gasteiger partial charge in [-0.1, -0.05) is 54.2 Å². The van der Waals surface area contributed by atoms with E-state index in [1.54, 1.807) is 26.0 Å². The molecule has 0 aromatic heterocycles. The Morgan fingerprint density at radius 3 is 2.26 bits per heavy atom. The zero-order valence-corrected chi connectivity index (χ0v) is 35.1. The molecule has 4 aromatic rings. The Balaban J connectivity index is 0.874. The van der Waals surface area contributed by atoms with Crippen LogP contribution in [0.15, 0.2) is 94.7 Å². The van der Waals surface area contributed by atoms with E-state index in [2.05, 4.69) is 38.6 Å². The van der Waals surface area contributed by atoms with Crippen molar-refractivity contribution in [3.8, 4) is 11.5 Å². The molecule has 0 radical (unpaired) electrons. The SMILES string of the molecule is COc1cccc(C(O)C2CCN(CCc3ccc(C(=O)NCCCCCNC(=O)c4ccc5c(c4)C(OCCN(C)C)=Cc4ccccc4S5)cc3)CC2)c1OC. The molecule has 2 aliphatic rings. The van der Waals surface area contributed by atoms with Crippen molar-refractivity contribution >= 4 is 35.4 Å². The lowest BCUT2D eigenvalue weighted by Gasteiger charge is -2.34. The maximum Gasteiger partial charge on any atom is 0.251 e. The van der Waals surface area contributed by atoms with E-state index < -0.39 is 6.10 Å². The molecule has 2 amide bonds. The molecule has 0 bridgehead atoms. The molecule has 11 heteroatoms. The lowest BCUT2D eigenvalue weighted by Crippen LogP contribution is -2.36. The summed E-state index contributed by atoms with van der Waals surface area (Å²) >= 11 is 1.69. The van der Waals surface area contributed by atoms with Gasteiger partial charge in [-0.2, -0.15) is 0 Å². The predicted octanol–water partition coefficient (Wildman–Crippen LogP) is 7.56. The first-order valence-corrected chi connectivity index (χ1v) is 21.2. The van der Waals surface area contributed by atoms with Crippen molar-refractivity contribution < 1.29 is 28.9 Å². The number of ether oxygens (including phenoxy) is 3. The molecule has 308 valence electrons. The van der Waals surface area contributed by atoms with Gasteiger partial charge in [0.25, 0.3) is 11.8 Å². The molecule has 1 fully saturated rings. The van der Waals surface area contributed by atoms with Gasteiger partial charge in [-0.05, 0) is 131 Å². The van der Waals surface area contributed by atoms with Gasteiger partial charge in [0.1, 0.15) is 12.4 Å². The van der Waals surface area contributed by atoms with Gasteiger partial charge in [-0.3, -0.25) is 9.59 Å². The molecule has 0 aliphatic carbocycles. The van der Waals surface area contributed by atoms with Crippen LogP contribution >= 0.6 is 11.8 Å². The Labute approximate surface area is 347 Å². The van der Waals surface area contributed by atoms with Crippen molar-refractivity contribution in [1.29, 1.82) is 0 Å². The van der Waals surface area contributed by atoms with Gasteiger partial charge in [0.2, 0.25) is 0 Å². The third kappa shape index (κ3) is 11.4. The molecule has 3 N–H and O–H groups in total. The summed E-state index contributed by atoms with van der Waals surface area (Å²) < 4.78 is 17.3. The molecular weight excluding hydrogens is 749 g/mol. The second-order valence-corrected chi connectivity index (χ2v) is 16.3. The molecule has 0 saturated carbocycles. The first-order chi connectivity index (χ1) is 28.2. The van der Waals surface area contributed by atoms with Crippen LogP contribution in [0.4, 0.5) is 0 Å². The fraction of sp³-hybridized carbons (Fsp3) is 0.404. The monoisotopic (exact) mass is 806 g/mol. The Bertz CT molecular complexity index is 2010. The number of aliphatic hydroxyl groups excluding tert-OH is 1. The van der Waals surface area contributed by atoms with Gasteiger partial charge in [0.05, 0.1) is 20.3 Å². The van der Waals surface area contributed by atoms with E-state index in [1.165, 1.54) is 5.56 Å². The minimum absolute atomic E-state index is 0.0725. The smallest absolute Gasteiger partial charge is 0.251 e. The highest BCUT2D eigenvalue weighted by Gasteiger charge is 2.29. The fourth-order valence-corrected chi connectivity index (χ4v) is 8.51. The fourth-order valence-electron chi connectivity index (χ4n) is 7.48. The number of piperidine rings is 1. The number of aliphatic hydroxyl groups is 1. The van der Waals surface area contributed by atoms with Gasteiger partial charge in [-0.25, -0.2) is 0 Å². The summed E-state index contributed by atoms with van der Waals surface area (Å²) in [5.41, 5.74) is 5.27. The first kappa shape index (κ1) is 42.8. The predicted molar refractivity (Wildman–Crippen MR) is 232 cm³/mol. The number of likely N-dealkylation sites (N-methyl/N-ethyl adjacent to an activating group) is 1. The number of nitrogens with one attached hydrogen (secondary N) is 2. The summed E-state index contributed by atoms with van der Waals surface area (Å²) in [5.74, 6) is 2.00. The van der Waals surface area contributed by atoms with E-state index in [-0.39, 0.29) is 17.7 Å². The zero-order chi connectivity index (χ0) is 40.9. The Hall–Kier alpha value is -4.81. The first-order valence-electron chi connectivity index (χ1n) is 20.4. The van der Waals surface area contributed by atoms with Crippen molar-refractivity contribution in [2.75, 3.05) is 74.2 Å². The molecule has 1 unspecified atom stereocenters. The van der Waals surface area contributed by atoms with Gasteiger partial charge in [-0.15, -0.1) is 0 Å². The molecule has 6 rings (SSSR count). The normalized spacial score (nSPS) is 14.8. The third-order valence-electron chi connectivity index (χ3n) is 10.9. The van der Waals surface area contributed by atoms with E-state index in [4.69, 9.17) is 14.2 Å². The molecule has 2 heterocycles. The van der Waals surface area contributed by atoms with Crippen molar-refractivity contribution in [3.63, 3.8) is 0 Å². The maximum absolute atomic E-state index is 13.2. The van der Waals surface area contributed by atoms with Crippen molar-refractivity contribution in [2.24, 2.45) is 5.92 Å². The van der Waals surface area contributed by atoms with E-state index in [0.29, 0.717) is 42.3 Å². The number of hydrogen-bond donors (Lipinski definition) is 3. The quantitative estimate of drug-likeness (QED) is 0.0827. The van der Waals surface area contributed by atoms with E-state index in [0.717, 1.165) is 96.9 Å². The van der Waals surface area contributed by atoms with Crippen LogP contribution in [0, 0.1) is 5.92 Å². The maximum atomic E-state index is 13.2.